The zero-order chi connectivity index (χ0) is 15.2. The van der Waals surface area contributed by atoms with Crippen LogP contribution < -0.4 is 10.6 Å². The Balaban J connectivity index is 2.27. The predicted molar refractivity (Wildman–Crippen MR) is 89.7 cm³/mol. The van der Waals surface area contributed by atoms with Crippen LogP contribution in [-0.2, 0) is 6.42 Å². The van der Waals surface area contributed by atoms with E-state index >= 15 is 0 Å². The van der Waals surface area contributed by atoms with Gasteiger partial charge in [-0.15, -0.1) is 0 Å². The van der Waals surface area contributed by atoms with E-state index < -0.39 is 0 Å². The van der Waals surface area contributed by atoms with E-state index in [0.29, 0.717) is 5.02 Å². The Hall–Kier alpha value is -1.81. The number of benzene rings is 1. The highest BCUT2D eigenvalue weighted by Gasteiger charge is 2.06. The van der Waals surface area contributed by atoms with Gasteiger partial charge in [0.1, 0.15) is 17.5 Å². The Morgan fingerprint density at radius 3 is 2.57 bits per heavy atom. The van der Waals surface area contributed by atoms with Crippen LogP contribution in [0, 0.1) is 6.92 Å². The zero-order valence-corrected chi connectivity index (χ0v) is 13.5. The minimum atomic E-state index is 0.706. The average Bonchev–Trinajstić information content (AvgIpc) is 2.48. The zero-order valence-electron chi connectivity index (χ0n) is 12.7. The van der Waals surface area contributed by atoms with Crippen LogP contribution in [-0.4, -0.2) is 16.5 Å². The molecular formula is C16H21ClN4. The van der Waals surface area contributed by atoms with Crippen molar-refractivity contribution in [3.8, 4) is 0 Å². The van der Waals surface area contributed by atoms with Crippen molar-refractivity contribution in [2.24, 2.45) is 0 Å². The number of hydrogen-bond acceptors (Lipinski definition) is 4. The molecule has 5 heteroatoms. The fraction of sp³-hybridized carbons (Fsp3) is 0.375. The molecule has 0 saturated carbocycles. The summed E-state index contributed by atoms with van der Waals surface area (Å²) < 4.78 is 0. The number of rotatable bonds is 6. The number of aryl methyl sites for hydroxylation is 2. The van der Waals surface area contributed by atoms with E-state index in [1.54, 1.807) is 0 Å². The standard InChI is InChI=1S/C16H21ClN4/c1-4-8-18-15-10-16(21-14(5-2)20-15)19-13-9-12(17)7-6-11(13)3/h6-7,9-10H,4-5,8H2,1-3H3,(H2,18,19,20,21). The molecule has 21 heavy (non-hydrogen) atoms. The third kappa shape index (κ3) is 4.33. The maximum absolute atomic E-state index is 6.06. The average molecular weight is 305 g/mol. The third-order valence-corrected chi connectivity index (χ3v) is 3.34. The van der Waals surface area contributed by atoms with E-state index in [4.69, 9.17) is 11.6 Å². The Kier molecular flexibility index (Phi) is 5.39. The maximum Gasteiger partial charge on any atom is 0.136 e. The molecule has 0 aliphatic carbocycles. The molecule has 0 spiro atoms. The lowest BCUT2D eigenvalue weighted by Crippen LogP contribution is -2.07. The summed E-state index contributed by atoms with van der Waals surface area (Å²) in [6.07, 6.45) is 1.85. The van der Waals surface area contributed by atoms with Gasteiger partial charge in [-0.2, -0.15) is 0 Å². The molecule has 1 heterocycles. The molecule has 0 bridgehead atoms. The Morgan fingerprint density at radius 1 is 1.10 bits per heavy atom. The lowest BCUT2D eigenvalue weighted by molar-refractivity contribution is 0.919. The van der Waals surface area contributed by atoms with E-state index in [1.807, 2.05) is 38.1 Å². The van der Waals surface area contributed by atoms with Crippen LogP contribution in [0.4, 0.5) is 17.3 Å². The summed E-state index contributed by atoms with van der Waals surface area (Å²) in [6, 6.07) is 7.70. The molecule has 0 saturated heterocycles. The van der Waals surface area contributed by atoms with E-state index in [9.17, 15) is 0 Å². The van der Waals surface area contributed by atoms with Crippen molar-refractivity contribution in [1.82, 2.24) is 9.97 Å². The second-order valence-electron chi connectivity index (χ2n) is 4.92. The first kappa shape index (κ1) is 15.6. The van der Waals surface area contributed by atoms with Crippen molar-refractivity contribution in [3.63, 3.8) is 0 Å². The molecule has 4 nitrogen and oxygen atoms in total. The van der Waals surface area contributed by atoms with Gasteiger partial charge in [0.2, 0.25) is 0 Å². The topological polar surface area (TPSA) is 49.8 Å². The molecule has 0 aliphatic rings. The summed E-state index contributed by atoms with van der Waals surface area (Å²) in [7, 11) is 0. The lowest BCUT2D eigenvalue weighted by Gasteiger charge is -2.12. The van der Waals surface area contributed by atoms with Crippen molar-refractivity contribution in [2.45, 2.75) is 33.6 Å². The fourth-order valence-electron chi connectivity index (χ4n) is 1.93. The number of nitrogens with zero attached hydrogens (tertiary/aromatic N) is 2. The number of halogens is 1. The lowest BCUT2D eigenvalue weighted by atomic mass is 10.2. The number of hydrogen-bond donors (Lipinski definition) is 2. The summed E-state index contributed by atoms with van der Waals surface area (Å²) in [5.74, 6) is 2.45. The van der Waals surface area contributed by atoms with Crippen LogP contribution in [0.25, 0.3) is 0 Å². The minimum Gasteiger partial charge on any atom is -0.370 e. The fourth-order valence-corrected chi connectivity index (χ4v) is 2.10. The maximum atomic E-state index is 6.06. The summed E-state index contributed by atoms with van der Waals surface area (Å²) >= 11 is 6.06. The highest BCUT2D eigenvalue weighted by Crippen LogP contribution is 2.24. The third-order valence-electron chi connectivity index (χ3n) is 3.11. The highest BCUT2D eigenvalue weighted by molar-refractivity contribution is 6.30. The predicted octanol–water partition coefficient (Wildman–Crippen LogP) is 4.57. The van der Waals surface area contributed by atoms with Gasteiger partial charge in [0.15, 0.2) is 0 Å². The Morgan fingerprint density at radius 2 is 1.86 bits per heavy atom. The van der Waals surface area contributed by atoms with Crippen LogP contribution >= 0.6 is 11.6 Å². The van der Waals surface area contributed by atoms with Gasteiger partial charge in [-0.1, -0.05) is 31.5 Å². The van der Waals surface area contributed by atoms with Gasteiger partial charge >= 0.3 is 0 Å². The SMILES string of the molecule is CCCNc1cc(Nc2cc(Cl)ccc2C)nc(CC)n1. The van der Waals surface area contributed by atoms with Gasteiger partial charge in [-0.05, 0) is 31.0 Å². The van der Waals surface area contributed by atoms with Gasteiger partial charge in [-0.3, -0.25) is 0 Å². The minimum absolute atomic E-state index is 0.706. The second kappa shape index (κ2) is 7.27. The first-order valence-electron chi connectivity index (χ1n) is 7.27. The van der Waals surface area contributed by atoms with Crippen molar-refractivity contribution in [3.05, 3.63) is 40.7 Å². The summed E-state index contributed by atoms with van der Waals surface area (Å²) in [4.78, 5) is 9.00. The van der Waals surface area contributed by atoms with E-state index in [2.05, 4.69) is 27.5 Å². The van der Waals surface area contributed by atoms with Crippen molar-refractivity contribution in [1.29, 1.82) is 0 Å². The molecule has 1 aromatic carbocycles. The molecule has 0 unspecified atom stereocenters. The molecule has 0 radical (unpaired) electrons. The Bertz CT molecular complexity index is 613. The molecule has 0 aliphatic heterocycles. The monoisotopic (exact) mass is 304 g/mol. The van der Waals surface area contributed by atoms with Crippen LogP contribution in [0.5, 0.6) is 0 Å². The molecule has 0 amide bonds. The van der Waals surface area contributed by atoms with Gasteiger partial charge in [0, 0.05) is 29.7 Å². The van der Waals surface area contributed by atoms with Crippen LogP contribution in [0.2, 0.25) is 5.02 Å². The molecule has 2 rings (SSSR count). The van der Waals surface area contributed by atoms with Crippen LogP contribution in [0.3, 0.4) is 0 Å². The molecule has 0 fully saturated rings. The first-order valence-corrected chi connectivity index (χ1v) is 7.65. The van der Waals surface area contributed by atoms with E-state index in [0.717, 1.165) is 48.1 Å². The molecule has 1 aromatic heterocycles. The van der Waals surface area contributed by atoms with Gasteiger partial charge in [-0.25, -0.2) is 9.97 Å². The quantitative estimate of drug-likeness (QED) is 0.821. The normalized spacial score (nSPS) is 10.5. The van der Waals surface area contributed by atoms with Gasteiger partial charge in [0.25, 0.3) is 0 Å². The number of aromatic nitrogens is 2. The molecule has 2 N–H and O–H groups in total. The summed E-state index contributed by atoms with van der Waals surface area (Å²) in [6.45, 7) is 7.11. The summed E-state index contributed by atoms with van der Waals surface area (Å²) in [5, 5.41) is 7.34. The smallest absolute Gasteiger partial charge is 0.136 e. The number of anilines is 3. The molecular weight excluding hydrogens is 284 g/mol. The van der Waals surface area contributed by atoms with Crippen LogP contribution in [0.1, 0.15) is 31.7 Å². The molecule has 112 valence electrons. The summed E-state index contributed by atoms with van der Waals surface area (Å²) in [5.41, 5.74) is 2.09. The largest absolute Gasteiger partial charge is 0.370 e. The number of nitrogens with one attached hydrogen (secondary N) is 2. The van der Waals surface area contributed by atoms with Gasteiger partial charge < -0.3 is 10.6 Å². The first-order chi connectivity index (χ1) is 10.1. The van der Waals surface area contributed by atoms with Crippen molar-refractivity contribution < 1.29 is 0 Å². The molecule has 2 aromatic rings. The van der Waals surface area contributed by atoms with Gasteiger partial charge in [0.05, 0.1) is 0 Å². The van der Waals surface area contributed by atoms with Crippen LogP contribution in [0.15, 0.2) is 24.3 Å². The van der Waals surface area contributed by atoms with Crippen molar-refractivity contribution in [2.75, 3.05) is 17.2 Å². The highest BCUT2D eigenvalue weighted by atomic mass is 35.5. The molecule has 0 atom stereocenters. The Labute approximate surface area is 131 Å². The van der Waals surface area contributed by atoms with Crippen molar-refractivity contribution >= 4 is 28.9 Å². The second-order valence-corrected chi connectivity index (χ2v) is 5.36. The van der Waals surface area contributed by atoms with E-state index in [1.165, 1.54) is 0 Å². The van der Waals surface area contributed by atoms with E-state index in [-0.39, 0.29) is 0 Å².